The summed E-state index contributed by atoms with van der Waals surface area (Å²) in [5.74, 6) is 1.44. The number of rotatable bonds is 4. The van der Waals surface area contributed by atoms with Crippen molar-refractivity contribution in [2.24, 2.45) is 11.3 Å². The van der Waals surface area contributed by atoms with Crippen molar-refractivity contribution in [2.45, 2.75) is 79.6 Å². The van der Waals surface area contributed by atoms with Gasteiger partial charge in [-0.3, -0.25) is 0 Å². The van der Waals surface area contributed by atoms with Crippen LogP contribution >= 0.6 is 0 Å². The molecule has 20 heavy (non-hydrogen) atoms. The van der Waals surface area contributed by atoms with Crippen molar-refractivity contribution in [2.75, 3.05) is 0 Å². The highest BCUT2D eigenvalue weighted by atomic mass is 14.3. The Labute approximate surface area is 127 Å². The molecule has 0 aliphatic rings. The normalized spacial score (nSPS) is 16.0. The Morgan fingerprint density at radius 1 is 0.900 bits per heavy atom. The second-order valence-corrected chi connectivity index (χ2v) is 8.54. The van der Waals surface area contributed by atoms with Gasteiger partial charge in [-0.1, -0.05) is 86.1 Å². The summed E-state index contributed by atoms with van der Waals surface area (Å²) in [5.41, 5.74) is 3.50. The molecular weight excluding hydrogens is 240 g/mol. The van der Waals surface area contributed by atoms with Gasteiger partial charge in [0.15, 0.2) is 0 Å². The second kappa shape index (κ2) is 6.33. The van der Waals surface area contributed by atoms with Crippen LogP contribution in [0.5, 0.6) is 0 Å². The van der Waals surface area contributed by atoms with Gasteiger partial charge in [-0.25, -0.2) is 0 Å². The largest absolute Gasteiger partial charge is 0.0651 e. The van der Waals surface area contributed by atoms with Crippen molar-refractivity contribution >= 4 is 0 Å². The van der Waals surface area contributed by atoms with E-state index in [1.807, 2.05) is 0 Å². The fourth-order valence-electron chi connectivity index (χ4n) is 2.77. The van der Waals surface area contributed by atoms with Crippen LogP contribution in [0.4, 0.5) is 0 Å². The molecule has 1 aromatic rings. The molecular formula is C20H34. The molecule has 0 fully saturated rings. The van der Waals surface area contributed by atoms with Crippen LogP contribution in [0.3, 0.4) is 0 Å². The molecule has 114 valence electrons. The van der Waals surface area contributed by atoms with Gasteiger partial charge in [0, 0.05) is 0 Å². The molecule has 2 unspecified atom stereocenters. The summed E-state index contributed by atoms with van der Waals surface area (Å²) in [6.07, 6.45) is 2.56. The maximum absolute atomic E-state index is 2.38. The van der Waals surface area contributed by atoms with E-state index in [0.717, 1.165) is 5.92 Å². The Morgan fingerprint density at radius 2 is 1.40 bits per heavy atom. The number of hydrogen-bond acceptors (Lipinski definition) is 0. The quantitative estimate of drug-likeness (QED) is 0.584. The summed E-state index contributed by atoms with van der Waals surface area (Å²) in [6.45, 7) is 18.6. The third-order valence-corrected chi connectivity index (χ3v) is 4.56. The van der Waals surface area contributed by atoms with Crippen molar-refractivity contribution in [1.82, 2.24) is 0 Å². The summed E-state index contributed by atoms with van der Waals surface area (Å²) in [7, 11) is 0. The van der Waals surface area contributed by atoms with Crippen molar-refractivity contribution in [3.05, 3.63) is 35.4 Å². The van der Waals surface area contributed by atoms with Gasteiger partial charge in [-0.2, -0.15) is 0 Å². The zero-order valence-electron chi connectivity index (χ0n) is 14.9. The van der Waals surface area contributed by atoms with Crippen LogP contribution in [0.1, 0.15) is 85.3 Å². The summed E-state index contributed by atoms with van der Waals surface area (Å²) >= 11 is 0. The molecule has 0 nitrogen and oxygen atoms in total. The lowest BCUT2D eigenvalue weighted by Gasteiger charge is -2.33. The highest BCUT2D eigenvalue weighted by Gasteiger charge is 2.27. The summed E-state index contributed by atoms with van der Waals surface area (Å²) < 4.78 is 0. The summed E-state index contributed by atoms with van der Waals surface area (Å²) in [5, 5.41) is 0. The average molecular weight is 274 g/mol. The fourth-order valence-corrected chi connectivity index (χ4v) is 2.77. The molecule has 0 radical (unpaired) electrons. The van der Waals surface area contributed by atoms with Gasteiger partial charge in [-0.05, 0) is 40.2 Å². The second-order valence-electron chi connectivity index (χ2n) is 8.54. The van der Waals surface area contributed by atoms with Crippen LogP contribution in [-0.2, 0) is 5.41 Å². The number of hydrogen-bond donors (Lipinski definition) is 0. The zero-order chi connectivity index (χ0) is 15.6. The van der Waals surface area contributed by atoms with Gasteiger partial charge in [-0.15, -0.1) is 0 Å². The van der Waals surface area contributed by atoms with Gasteiger partial charge in [0.25, 0.3) is 0 Å². The van der Waals surface area contributed by atoms with Crippen LogP contribution in [-0.4, -0.2) is 0 Å². The first kappa shape index (κ1) is 17.3. The van der Waals surface area contributed by atoms with E-state index in [1.165, 1.54) is 24.0 Å². The van der Waals surface area contributed by atoms with Crippen molar-refractivity contribution < 1.29 is 0 Å². The zero-order valence-corrected chi connectivity index (χ0v) is 14.9. The Bertz CT molecular complexity index is 397. The third kappa shape index (κ3) is 4.65. The van der Waals surface area contributed by atoms with Crippen LogP contribution in [0.15, 0.2) is 24.3 Å². The lowest BCUT2D eigenvalue weighted by Crippen LogP contribution is -2.21. The molecule has 1 rings (SSSR count). The first-order chi connectivity index (χ1) is 9.05. The van der Waals surface area contributed by atoms with Gasteiger partial charge in [0.1, 0.15) is 0 Å². The highest BCUT2D eigenvalue weighted by molar-refractivity contribution is 5.30. The molecule has 2 atom stereocenters. The smallest absolute Gasteiger partial charge is 0.0111 e. The molecule has 0 aliphatic heterocycles. The molecule has 1 aromatic carbocycles. The van der Waals surface area contributed by atoms with E-state index in [2.05, 4.69) is 79.7 Å². The van der Waals surface area contributed by atoms with Crippen molar-refractivity contribution in [3.8, 4) is 0 Å². The minimum atomic E-state index is 0.243. The van der Waals surface area contributed by atoms with Crippen molar-refractivity contribution in [1.29, 1.82) is 0 Å². The average Bonchev–Trinajstić information content (AvgIpc) is 2.33. The molecule has 0 bridgehead atoms. The lowest BCUT2D eigenvalue weighted by atomic mass is 9.71. The van der Waals surface area contributed by atoms with E-state index in [9.17, 15) is 0 Å². The molecule has 0 aliphatic carbocycles. The standard InChI is InChI=1S/C20H34/c1-9-15(2)14-18(20(6,7)8)16-10-12-17(13-11-16)19(3,4)5/h10-13,15,18H,9,14H2,1-8H3. The van der Waals surface area contributed by atoms with Crippen LogP contribution in [0.25, 0.3) is 0 Å². The van der Waals surface area contributed by atoms with Gasteiger partial charge in [0.2, 0.25) is 0 Å². The fraction of sp³-hybridized carbons (Fsp3) is 0.700. The molecule has 0 heteroatoms. The Kier molecular flexibility index (Phi) is 5.46. The predicted octanol–water partition coefficient (Wildman–Crippen LogP) is 6.55. The monoisotopic (exact) mass is 274 g/mol. The lowest BCUT2D eigenvalue weighted by molar-refractivity contribution is 0.271. The van der Waals surface area contributed by atoms with E-state index in [1.54, 1.807) is 0 Å². The van der Waals surface area contributed by atoms with E-state index >= 15 is 0 Å². The van der Waals surface area contributed by atoms with Crippen LogP contribution < -0.4 is 0 Å². The van der Waals surface area contributed by atoms with Gasteiger partial charge < -0.3 is 0 Å². The minimum Gasteiger partial charge on any atom is -0.0651 e. The first-order valence-corrected chi connectivity index (χ1v) is 8.16. The van der Waals surface area contributed by atoms with Crippen molar-refractivity contribution in [3.63, 3.8) is 0 Å². The highest BCUT2D eigenvalue weighted by Crippen LogP contribution is 2.40. The summed E-state index contributed by atoms with van der Waals surface area (Å²) in [6, 6.07) is 9.37. The Balaban J connectivity index is 3.03. The molecule has 0 amide bonds. The maximum atomic E-state index is 2.38. The Morgan fingerprint density at radius 3 is 1.75 bits per heavy atom. The Hall–Kier alpha value is -0.780. The van der Waals surface area contributed by atoms with Crippen LogP contribution in [0.2, 0.25) is 0 Å². The van der Waals surface area contributed by atoms with E-state index < -0.39 is 0 Å². The topological polar surface area (TPSA) is 0 Å². The third-order valence-electron chi connectivity index (χ3n) is 4.56. The van der Waals surface area contributed by atoms with E-state index in [0.29, 0.717) is 11.3 Å². The maximum Gasteiger partial charge on any atom is -0.0111 e. The van der Waals surface area contributed by atoms with E-state index in [-0.39, 0.29) is 5.41 Å². The molecule has 0 aromatic heterocycles. The van der Waals surface area contributed by atoms with Crippen LogP contribution in [0, 0.1) is 11.3 Å². The molecule has 0 saturated heterocycles. The predicted molar refractivity (Wildman–Crippen MR) is 91.4 cm³/mol. The van der Waals surface area contributed by atoms with Gasteiger partial charge in [0.05, 0.1) is 0 Å². The molecule has 0 N–H and O–H groups in total. The van der Waals surface area contributed by atoms with E-state index in [4.69, 9.17) is 0 Å². The molecule has 0 spiro atoms. The first-order valence-electron chi connectivity index (χ1n) is 8.16. The summed E-state index contributed by atoms with van der Waals surface area (Å²) in [4.78, 5) is 0. The minimum absolute atomic E-state index is 0.243. The number of benzene rings is 1. The van der Waals surface area contributed by atoms with Gasteiger partial charge >= 0.3 is 0 Å². The SMILES string of the molecule is CCC(C)CC(c1ccc(C(C)(C)C)cc1)C(C)(C)C. The molecule has 0 heterocycles. The molecule has 0 saturated carbocycles.